The van der Waals surface area contributed by atoms with E-state index in [0.29, 0.717) is 12.8 Å². The highest BCUT2D eigenvalue weighted by molar-refractivity contribution is 7.46. The smallest absolute Gasteiger partial charge is 0.462 e. The number of hydrogen-bond donors (Lipinski definition) is 2. The molecular formula is C45H85O8P. The Morgan fingerprint density at radius 2 is 0.796 bits per heavy atom. The molecule has 0 aromatic heterocycles. The molecule has 0 radical (unpaired) electrons. The first-order valence-electron chi connectivity index (χ1n) is 22.6. The number of allylic oxidation sites excluding steroid dienone is 4. The maximum atomic E-state index is 12.4. The summed E-state index contributed by atoms with van der Waals surface area (Å²) in [6, 6.07) is 0. The molecule has 0 aliphatic rings. The SMILES string of the molecule is CCCCCCCC/C=C/CCCCCC(=O)O[C@H](COC(=O)CCC/C=C/CCCCCCCCCCCCCCCCCCCC)COP(=O)(O)O. The minimum atomic E-state index is -4.76. The number of ether oxygens (including phenoxy) is 2. The molecule has 0 bridgehead atoms. The zero-order valence-corrected chi connectivity index (χ0v) is 36.0. The van der Waals surface area contributed by atoms with Gasteiger partial charge < -0.3 is 19.3 Å². The van der Waals surface area contributed by atoms with E-state index in [9.17, 15) is 14.2 Å². The van der Waals surface area contributed by atoms with Gasteiger partial charge in [0.1, 0.15) is 6.61 Å². The van der Waals surface area contributed by atoms with Crippen molar-refractivity contribution in [3.8, 4) is 0 Å². The monoisotopic (exact) mass is 785 g/mol. The number of rotatable bonds is 42. The van der Waals surface area contributed by atoms with Crippen molar-refractivity contribution in [3.05, 3.63) is 24.3 Å². The molecule has 0 amide bonds. The van der Waals surface area contributed by atoms with Gasteiger partial charge in [-0.2, -0.15) is 0 Å². The van der Waals surface area contributed by atoms with E-state index in [0.717, 1.165) is 38.5 Å². The third-order valence-corrected chi connectivity index (χ3v) is 10.4. The maximum absolute atomic E-state index is 12.4. The number of phosphoric acid groups is 1. The van der Waals surface area contributed by atoms with Crippen LogP contribution in [0.25, 0.3) is 0 Å². The molecule has 0 fully saturated rings. The van der Waals surface area contributed by atoms with Crippen LogP contribution in [-0.2, 0) is 28.2 Å². The Bertz CT molecular complexity index is 931. The van der Waals surface area contributed by atoms with E-state index in [2.05, 4.69) is 42.7 Å². The Morgan fingerprint density at radius 1 is 0.463 bits per heavy atom. The average molecular weight is 785 g/mol. The predicted octanol–water partition coefficient (Wildman–Crippen LogP) is 14.0. The Labute approximate surface area is 332 Å². The molecule has 1 atom stereocenters. The van der Waals surface area contributed by atoms with Gasteiger partial charge in [0.15, 0.2) is 6.10 Å². The third kappa shape index (κ3) is 43.3. The van der Waals surface area contributed by atoms with Crippen LogP contribution in [-0.4, -0.2) is 41.0 Å². The quantitative estimate of drug-likeness (QED) is 0.0272. The van der Waals surface area contributed by atoms with E-state index in [1.807, 2.05) is 0 Å². The van der Waals surface area contributed by atoms with E-state index in [1.165, 1.54) is 154 Å². The zero-order valence-electron chi connectivity index (χ0n) is 35.1. The van der Waals surface area contributed by atoms with Crippen molar-refractivity contribution in [2.24, 2.45) is 0 Å². The van der Waals surface area contributed by atoms with Gasteiger partial charge in [0.2, 0.25) is 0 Å². The molecule has 0 unspecified atom stereocenters. The molecule has 0 rings (SSSR count). The predicted molar refractivity (Wildman–Crippen MR) is 225 cm³/mol. The lowest BCUT2D eigenvalue weighted by atomic mass is 10.0. The molecule has 0 aromatic rings. The van der Waals surface area contributed by atoms with Gasteiger partial charge in [-0.05, 0) is 57.8 Å². The normalized spacial score (nSPS) is 12.6. The summed E-state index contributed by atoms with van der Waals surface area (Å²) in [6.07, 6.45) is 47.8. The first-order valence-corrected chi connectivity index (χ1v) is 24.2. The fraction of sp³-hybridized carbons (Fsp3) is 0.867. The largest absolute Gasteiger partial charge is 0.469 e. The Kier molecular flexibility index (Phi) is 40.1. The van der Waals surface area contributed by atoms with E-state index in [1.54, 1.807) is 0 Å². The minimum Gasteiger partial charge on any atom is -0.462 e. The van der Waals surface area contributed by atoms with Crippen molar-refractivity contribution in [2.75, 3.05) is 13.2 Å². The van der Waals surface area contributed by atoms with Gasteiger partial charge in [0.05, 0.1) is 6.61 Å². The molecule has 2 N–H and O–H groups in total. The fourth-order valence-corrected chi connectivity index (χ4v) is 6.91. The topological polar surface area (TPSA) is 119 Å². The van der Waals surface area contributed by atoms with Gasteiger partial charge in [0, 0.05) is 12.8 Å². The molecule has 9 heteroatoms. The minimum absolute atomic E-state index is 0.188. The molecule has 54 heavy (non-hydrogen) atoms. The highest BCUT2D eigenvalue weighted by atomic mass is 31.2. The van der Waals surface area contributed by atoms with Crippen LogP contribution in [0, 0.1) is 0 Å². The first kappa shape index (κ1) is 52.5. The van der Waals surface area contributed by atoms with Crippen LogP contribution in [0.2, 0.25) is 0 Å². The van der Waals surface area contributed by atoms with Crippen LogP contribution < -0.4 is 0 Å². The summed E-state index contributed by atoms with van der Waals surface area (Å²) in [5.74, 6) is -0.933. The van der Waals surface area contributed by atoms with Crippen molar-refractivity contribution < 1.29 is 37.9 Å². The second-order valence-corrected chi connectivity index (χ2v) is 16.6. The summed E-state index contributed by atoms with van der Waals surface area (Å²) in [4.78, 5) is 42.8. The summed E-state index contributed by atoms with van der Waals surface area (Å²) >= 11 is 0. The molecule has 0 heterocycles. The Morgan fingerprint density at radius 3 is 1.19 bits per heavy atom. The van der Waals surface area contributed by atoms with Crippen LogP contribution in [0.4, 0.5) is 0 Å². The van der Waals surface area contributed by atoms with Gasteiger partial charge in [-0.25, -0.2) is 4.57 Å². The second kappa shape index (κ2) is 41.2. The fourth-order valence-electron chi connectivity index (χ4n) is 6.55. The van der Waals surface area contributed by atoms with Crippen LogP contribution in [0.5, 0.6) is 0 Å². The Hall–Kier alpha value is -1.47. The van der Waals surface area contributed by atoms with Crippen LogP contribution in [0.3, 0.4) is 0 Å². The first-order chi connectivity index (χ1) is 26.3. The lowest BCUT2D eigenvalue weighted by Crippen LogP contribution is -2.29. The molecule has 0 aliphatic heterocycles. The Balaban J connectivity index is 3.85. The van der Waals surface area contributed by atoms with Crippen molar-refractivity contribution >= 4 is 19.8 Å². The van der Waals surface area contributed by atoms with Crippen molar-refractivity contribution in [1.82, 2.24) is 0 Å². The molecular weight excluding hydrogens is 699 g/mol. The summed E-state index contributed by atoms with van der Waals surface area (Å²) in [5, 5.41) is 0. The molecule has 0 aliphatic carbocycles. The van der Waals surface area contributed by atoms with E-state index in [4.69, 9.17) is 19.3 Å². The lowest BCUT2D eigenvalue weighted by molar-refractivity contribution is -0.161. The number of carbonyl (C=O) groups is 2. The van der Waals surface area contributed by atoms with Crippen molar-refractivity contribution in [1.29, 1.82) is 0 Å². The van der Waals surface area contributed by atoms with Gasteiger partial charge >= 0.3 is 19.8 Å². The molecule has 0 saturated carbocycles. The molecule has 0 saturated heterocycles. The zero-order chi connectivity index (χ0) is 39.6. The van der Waals surface area contributed by atoms with Gasteiger partial charge in [-0.3, -0.25) is 14.1 Å². The second-order valence-electron chi connectivity index (χ2n) is 15.4. The summed E-state index contributed by atoms with van der Waals surface area (Å²) in [7, 11) is -4.76. The summed E-state index contributed by atoms with van der Waals surface area (Å²) < 4.78 is 26.4. The van der Waals surface area contributed by atoms with Gasteiger partial charge in [-0.1, -0.05) is 186 Å². The highest BCUT2D eigenvalue weighted by Gasteiger charge is 2.22. The van der Waals surface area contributed by atoms with Crippen LogP contribution >= 0.6 is 7.82 Å². The summed E-state index contributed by atoms with van der Waals surface area (Å²) in [5.41, 5.74) is 0. The van der Waals surface area contributed by atoms with Gasteiger partial charge in [-0.15, -0.1) is 0 Å². The number of hydrogen-bond acceptors (Lipinski definition) is 6. The number of phosphoric ester groups is 1. The average Bonchev–Trinajstić information content (AvgIpc) is 3.14. The molecule has 8 nitrogen and oxygen atoms in total. The highest BCUT2D eigenvalue weighted by Crippen LogP contribution is 2.36. The summed E-state index contributed by atoms with van der Waals surface area (Å²) in [6.45, 7) is 3.66. The van der Waals surface area contributed by atoms with Crippen molar-refractivity contribution in [2.45, 2.75) is 238 Å². The van der Waals surface area contributed by atoms with Gasteiger partial charge in [0.25, 0.3) is 0 Å². The molecule has 318 valence electrons. The number of carbonyl (C=O) groups excluding carboxylic acids is 2. The van der Waals surface area contributed by atoms with E-state index in [-0.39, 0.29) is 19.4 Å². The molecule has 0 spiro atoms. The maximum Gasteiger partial charge on any atom is 0.469 e. The van der Waals surface area contributed by atoms with Crippen molar-refractivity contribution in [3.63, 3.8) is 0 Å². The van der Waals surface area contributed by atoms with E-state index < -0.39 is 32.5 Å². The lowest BCUT2D eigenvalue weighted by Gasteiger charge is -2.18. The number of unbranched alkanes of at least 4 members (excludes halogenated alkanes) is 28. The number of esters is 2. The third-order valence-electron chi connectivity index (χ3n) is 9.94. The standard InChI is InChI=1S/C45H85O8P/c1-3-5-7-9-11-13-15-17-18-19-20-21-22-23-24-25-26-28-29-31-33-35-37-39-44(46)51-41-43(42-52-54(48,49)50)53-45(47)40-38-36-34-32-30-27-16-14-12-10-8-6-4-2/h27,30-31,33,43H,3-26,28-29,32,34-42H2,1-2H3,(H2,48,49,50)/b30-27+,33-31+/t43-/m1/s1. The van der Waals surface area contributed by atoms with Crippen LogP contribution in [0.15, 0.2) is 24.3 Å². The van der Waals surface area contributed by atoms with Crippen LogP contribution in [0.1, 0.15) is 232 Å². The molecule has 0 aromatic carbocycles. The van der Waals surface area contributed by atoms with E-state index >= 15 is 0 Å².